The van der Waals surface area contributed by atoms with Gasteiger partial charge in [0, 0.05) is 13.1 Å². The molecule has 5 nitrogen and oxygen atoms in total. The van der Waals surface area contributed by atoms with Crippen molar-refractivity contribution in [3.8, 4) is 5.75 Å². The first kappa shape index (κ1) is 14.9. The molecule has 0 atom stereocenters. The van der Waals surface area contributed by atoms with Gasteiger partial charge >= 0.3 is 0 Å². The Kier molecular flexibility index (Phi) is 5.49. The molecule has 1 fully saturated rings. The largest absolute Gasteiger partial charge is 0.492 e. The maximum atomic E-state index is 8.78. The van der Waals surface area contributed by atoms with Crippen LogP contribution in [0.1, 0.15) is 19.8 Å². The van der Waals surface area contributed by atoms with E-state index < -0.39 is 0 Å². The summed E-state index contributed by atoms with van der Waals surface area (Å²) in [6.07, 6.45) is 2.16. The number of hydrogen-bond acceptors (Lipinski definition) is 5. The van der Waals surface area contributed by atoms with E-state index in [1.807, 2.05) is 25.1 Å². The Morgan fingerprint density at radius 1 is 1.35 bits per heavy atom. The molecule has 0 unspecified atom stereocenters. The van der Waals surface area contributed by atoms with Crippen LogP contribution in [0, 0.1) is 0 Å². The zero-order valence-electron chi connectivity index (χ0n) is 12.0. The van der Waals surface area contributed by atoms with E-state index >= 15 is 0 Å². The molecule has 0 saturated carbocycles. The van der Waals surface area contributed by atoms with Crippen LogP contribution in [0.5, 0.6) is 5.75 Å². The second kappa shape index (κ2) is 7.36. The van der Waals surface area contributed by atoms with Crippen LogP contribution < -0.4 is 15.4 Å². The molecule has 1 aliphatic rings. The molecular formula is C15H24N2O3. The van der Waals surface area contributed by atoms with Crippen molar-refractivity contribution in [3.05, 3.63) is 18.2 Å². The van der Waals surface area contributed by atoms with Crippen LogP contribution in [0.15, 0.2) is 18.2 Å². The maximum Gasteiger partial charge on any atom is 0.144 e. The number of nitrogens with two attached hydrogens (primary N) is 1. The van der Waals surface area contributed by atoms with Gasteiger partial charge in [0.25, 0.3) is 0 Å². The maximum absolute atomic E-state index is 8.78. The molecular weight excluding hydrogens is 256 g/mol. The highest BCUT2D eigenvalue weighted by Crippen LogP contribution is 2.33. The molecule has 1 aliphatic heterocycles. The third-order valence-electron chi connectivity index (χ3n) is 3.57. The van der Waals surface area contributed by atoms with Crippen LogP contribution in [0.4, 0.5) is 11.4 Å². The fourth-order valence-electron chi connectivity index (χ4n) is 2.57. The van der Waals surface area contributed by atoms with Crippen molar-refractivity contribution in [3.63, 3.8) is 0 Å². The molecule has 1 aromatic carbocycles. The molecule has 2 rings (SSSR count). The van der Waals surface area contributed by atoms with Gasteiger partial charge in [0.1, 0.15) is 5.75 Å². The zero-order valence-corrected chi connectivity index (χ0v) is 12.0. The normalized spacial score (nSPS) is 16.4. The molecule has 112 valence electrons. The van der Waals surface area contributed by atoms with Crippen LogP contribution in [0.3, 0.4) is 0 Å². The molecule has 20 heavy (non-hydrogen) atoms. The van der Waals surface area contributed by atoms with Crippen LogP contribution >= 0.6 is 0 Å². The lowest BCUT2D eigenvalue weighted by Gasteiger charge is -2.34. The molecule has 0 bridgehead atoms. The van der Waals surface area contributed by atoms with E-state index in [1.165, 1.54) is 0 Å². The topological polar surface area (TPSA) is 68.0 Å². The minimum Gasteiger partial charge on any atom is -0.492 e. The van der Waals surface area contributed by atoms with Crippen LogP contribution in [-0.2, 0) is 4.74 Å². The fourth-order valence-corrected chi connectivity index (χ4v) is 2.57. The van der Waals surface area contributed by atoms with Crippen molar-refractivity contribution in [2.45, 2.75) is 25.9 Å². The number of piperidine rings is 1. The van der Waals surface area contributed by atoms with Crippen molar-refractivity contribution in [1.29, 1.82) is 0 Å². The monoisotopic (exact) mass is 280 g/mol. The average molecular weight is 280 g/mol. The van der Waals surface area contributed by atoms with E-state index in [2.05, 4.69) is 4.90 Å². The number of rotatable bonds is 6. The van der Waals surface area contributed by atoms with E-state index in [-0.39, 0.29) is 12.7 Å². The summed E-state index contributed by atoms with van der Waals surface area (Å²) in [4.78, 5) is 2.27. The Balaban J connectivity index is 1.98. The van der Waals surface area contributed by atoms with Crippen LogP contribution in [-0.4, -0.2) is 44.1 Å². The van der Waals surface area contributed by atoms with E-state index in [9.17, 15) is 0 Å². The molecule has 0 aliphatic carbocycles. The molecule has 0 aromatic heterocycles. The van der Waals surface area contributed by atoms with Crippen molar-refractivity contribution in [2.24, 2.45) is 0 Å². The highest BCUT2D eigenvalue weighted by atomic mass is 16.5. The number of nitrogen functional groups attached to an aromatic ring is 1. The minimum atomic E-state index is 0.0869. The lowest BCUT2D eigenvalue weighted by Crippen LogP contribution is -2.37. The number of aliphatic hydroxyl groups is 1. The first-order chi connectivity index (χ1) is 9.76. The van der Waals surface area contributed by atoms with Gasteiger partial charge < -0.3 is 25.2 Å². The lowest BCUT2D eigenvalue weighted by atomic mass is 10.1. The van der Waals surface area contributed by atoms with Crippen molar-refractivity contribution in [1.82, 2.24) is 0 Å². The number of benzene rings is 1. The minimum absolute atomic E-state index is 0.0869. The zero-order chi connectivity index (χ0) is 14.4. The second-order valence-electron chi connectivity index (χ2n) is 4.90. The number of hydrogen-bond donors (Lipinski definition) is 2. The number of para-hydroxylation sites is 1. The van der Waals surface area contributed by atoms with Gasteiger partial charge in [0.05, 0.1) is 37.3 Å². The molecule has 1 saturated heterocycles. The Hall–Kier alpha value is -1.46. The van der Waals surface area contributed by atoms with Crippen molar-refractivity contribution < 1.29 is 14.6 Å². The molecule has 3 N–H and O–H groups in total. The van der Waals surface area contributed by atoms with E-state index in [1.54, 1.807) is 0 Å². The SMILES string of the molecule is CCOc1cccc(N2CCC(OCCO)CC2)c1N. The lowest BCUT2D eigenvalue weighted by molar-refractivity contribution is 0.0159. The number of nitrogens with zero attached hydrogens (tertiary/aromatic N) is 1. The Labute approximate surface area is 120 Å². The molecule has 1 aromatic rings. The van der Waals surface area contributed by atoms with Gasteiger partial charge in [-0.15, -0.1) is 0 Å². The van der Waals surface area contributed by atoms with Gasteiger partial charge in [0.15, 0.2) is 0 Å². The molecule has 1 heterocycles. The number of aliphatic hydroxyl groups excluding tert-OH is 1. The summed E-state index contributed by atoms with van der Waals surface area (Å²) in [5.74, 6) is 0.753. The van der Waals surface area contributed by atoms with Gasteiger partial charge in [-0.3, -0.25) is 0 Å². The summed E-state index contributed by atoms with van der Waals surface area (Å²) >= 11 is 0. The molecule has 0 radical (unpaired) electrons. The number of ether oxygens (including phenoxy) is 2. The second-order valence-corrected chi connectivity index (χ2v) is 4.90. The van der Waals surface area contributed by atoms with E-state index in [4.69, 9.17) is 20.3 Å². The first-order valence-corrected chi connectivity index (χ1v) is 7.25. The summed E-state index contributed by atoms with van der Waals surface area (Å²) in [5, 5.41) is 8.78. The van der Waals surface area contributed by atoms with Gasteiger partial charge in [-0.1, -0.05) is 6.07 Å². The Morgan fingerprint density at radius 2 is 2.10 bits per heavy atom. The third-order valence-corrected chi connectivity index (χ3v) is 3.57. The third kappa shape index (κ3) is 3.55. The highest BCUT2D eigenvalue weighted by molar-refractivity contribution is 5.74. The van der Waals surface area contributed by atoms with Gasteiger partial charge in [-0.2, -0.15) is 0 Å². The molecule has 5 heteroatoms. The molecule has 0 spiro atoms. The average Bonchev–Trinajstić information content (AvgIpc) is 2.48. The van der Waals surface area contributed by atoms with Crippen LogP contribution in [0.2, 0.25) is 0 Å². The predicted octanol–water partition coefficient (Wildman–Crippen LogP) is 1.65. The highest BCUT2D eigenvalue weighted by Gasteiger charge is 2.21. The summed E-state index contributed by atoms with van der Waals surface area (Å²) in [5.41, 5.74) is 7.93. The summed E-state index contributed by atoms with van der Waals surface area (Å²) in [6.45, 7) is 4.91. The molecule has 0 amide bonds. The van der Waals surface area contributed by atoms with Crippen molar-refractivity contribution >= 4 is 11.4 Å². The van der Waals surface area contributed by atoms with Crippen LogP contribution in [0.25, 0.3) is 0 Å². The number of anilines is 2. The Morgan fingerprint density at radius 3 is 2.75 bits per heavy atom. The quantitative estimate of drug-likeness (QED) is 0.775. The van der Waals surface area contributed by atoms with E-state index in [0.29, 0.717) is 18.9 Å². The smallest absolute Gasteiger partial charge is 0.144 e. The van der Waals surface area contributed by atoms with Gasteiger partial charge in [-0.05, 0) is 31.9 Å². The first-order valence-electron chi connectivity index (χ1n) is 7.25. The van der Waals surface area contributed by atoms with Gasteiger partial charge in [0.2, 0.25) is 0 Å². The van der Waals surface area contributed by atoms with E-state index in [0.717, 1.165) is 37.4 Å². The summed E-state index contributed by atoms with van der Waals surface area (Å²) in [6, 6.07) is 5.91. The standard InChI is InChI=1S/C15H24N2O3/c1-2-19-14-5-3-4-13(15(14)16)17-8-6-12(7-9-17)20-11-10-18/h3-5,12,18H,2,6-11,16H2,1H3. The van der Waals surface area contributed by atoms with Crippen molar-refractivity contribution in [2.75, 3.05) is 43.5 Å². The fraction of sp³-hybridized carbons (Fsp3) is 0.600. The Bertz CT molecular complexity index is 418. The van der Waals surface area contributed by atoms with Gasteiger partial charge in [-0.25, -0.2) is 0 Å². The summed E-state index contributed by atoms with van der Waals surface area (Å²) in [7, 11) is 0. The predicted molar refractivity (Wildman–Crippen MR) is 80.3 cm³/mol. The summed E-state index contributed by atoms with van der Waals surface area (Å²) < 4.78 is 11.1.